The van der Waals surface area contributed by atoms with Crippen molar-refractivity contribution in [2.24, 2.45) is 0 Å². The molecule has 2 aromatic rings. The molecule has 2 N–H and O–H groups in total. The number of hydrogen-bond acceptors (Lipinski definition) is 5. The van der Waals surface area contributed by atoms with Crippen LogP contribution in [0.5, 0.6) is 0 Å². The Kier molecular flexibility index (Phi) is 6.84. The van der Waals surface area contributed by atoms with Crippen LogP contribution < -0.4 is 15.5 Å². The zero-order valence-corrected chi connectivity index (χ0v) is 16.4. The minimum atomic E-state index is -0.134. The van der Waals surface area contributed by atoms with Gasteiger partial charge in [0.05, 0.1) is 4.88 Å². The zero-order chi connectivity index (χ0) is 19.1. The first-order valence-corrected chi connectivity index (χ1v) is 10.2. The number of carbonyl (C=O) groups excluding carboxylic acids is 2. The van der Waals surface area contributed by atoms with Crippen LogP contribution in [0.2, 0.25) is 0 Å². The minimum Gasteiger partial charge on any atom is -0.369 e. The number of carbonyl (C=O) groups is 2. The Bertz CT molecular complexity index is 738. The number of rotatable bonds is 7. The number of benzene rings is 1. The summed E-state index contributed by atoms with van der Waals surface area (Å²) >= 11 is 1.39. The molecule has 2 amide bonds. The Morgan fingerprint density at radius 3 is 2.44 bits per heavy atom. The van der Waals surface area contributed by atoms with E-state index in [1.807, 2.05) is 23.6 Å². The molecule has 2 heterocycles. The van der Waals surface area contributed by atoms with Gasteiger partial charge in [-0.15, -0.1) is 11.3 Å². The average molecular weight is 387 g/mol. The maximum absolute atomic E-state index is 12.1. The van der Waals surface area contributed by atoms with Gasteiger partial charge in [0.1, 0.15) is 0 Å². The summed E-state index contributed by atoms with van der Waals surface area (Å²) in [5.41, 5.74) is 1.97. The Labute approximate surface area is 164 Å². The van der Waals surface area contributed by atoms with E-state index in [1.54, 1.807) is 6.07 Å². The van der Waals surface area contributed by atoms with Gasteiger partial charge in [0.2, 0.25) is 5.91 Å². The summed E-state index contributed by atoms with van der Waals surface area (Å²) in [4.78, 5) is 29.4. The molecule has 0 spiro atoms. The first-order valence-electron chi connectivity index (χ1n) is 9.34. The van der Waals surface area contributed by atoms with Gasteiger partial charge < -0.3 is 20.4 Å². The molecular weight excluding hydrogens is 360 g/mol. The van der Waals surface area contributed by atoms with E-state index in [2.05, 4.69) is 39.5 Å². The van der Waals surface area contributed by atoms with Gasteiger partial charge in [-0.05, 0) is 42.3 Å². The smallest absolute Gasteiger partial charge is 0.261 e. The van der Waals surface area contributed by atoms with Crippen molar-refractivity contribution >= 4 is 34.5 Å². The van der Waals surface area contributed by atoms with Crippen LogP contribution in [-0.4, -0.2) is 56.0 Å². The molecule has 6 nitrogen and oxygen atoms in total. The average Bonchev–Trinajstić information content (AvgIpc) is 3.23. The van der Waals surface area contributed by atoms with Gasteiger partial charge in [0.25, 0.3) is 5.91 Å². The van der Waals surface area contributed by atoms with E-state index in [4.69, 9.17) is 0 Å². The molecule has 0 atom stereocenters. The number of amides is 2. The van der Waals surface area contributed by atoms with Crippen molar-refractivity contribution in [2.75, 3.05) is 49.5 Å². The summed E-state index contributed by atoms with van der Waals surface area (Å²) < 4.78 is 0. The molecule has 1 fully saturated rings. The SMILES string of the molecule is CCN1CCN(c2ccc(NC(=O)CCNC(=O)c3cccs3)cc2)CC1. The number of hydrogen-bond donors (Lipinski definition) is 2. The van der Waals surface area contributed by atoms with Crippen LogP contribution in [0.15, 0.2) is 41.8 Å². The van der Waals surface area contributed by atoms with Crippen LogP contribution in [-0.2, 0) is 4.79 Å². The van der Waals surface area contributed by atoms with E-state index in [0.29, 0.717) is 11.4 Å². The van der Waals surface area contributed by atoms with Crippen molar-refractivity contribution in [2.45, 2.75) is 13.3 Å². The molecule has 1 aromatic carbocycles. The summed E-state index contributed by atoms with van der Waals surface area (Å²) in [6.45, 7) is 7.86. The largest absolute Gasteiger partial charge is 0.369 e. The van der Waals surface area contributed by atoms with E-state index in [1.165, 1.54) is 17.0 Å². The molecule has 0 aliphatic carbocycles. The number of anilines is 2. The van der Waals surface area contributed by atoms with E-state index in [0.717, 1.165) is 38.4 Å². The third-order valence-electron chi connectivity index (χ3n) is 4.72. The second-order valence-corrected chi connectivity index (χ2v) is 7.45. The minimum absolute atomic E-state index is 0.106. The zero-order valence-electron chi connectivity index (χ0n) is 15.6. The van der Waals surface area contributed by atoms with Crippen molar-refractivity contribution in [3.63, 3.8) is 0 Å². The summed E-state index contributed by atoms with van der Waals surface area (Å²) in [7, 11) is 0. The lowest BCUT2D eigenvalue weighted by Gasteiger charge is -2.35. The summed E-state index contributed by atoms with van der Waals surface area (Å²) in [5.74, 6) is -0.240. The Balaban J connectivity index is 1.41. The lowest BCUT2D eigenvalue weighted by molar-refractivity contribution is -0.116. The predicted molar refractivity (Wildman–Crippen MR) is 111 cm³/mol. The molecule has 0 saturated carbocycles. The third-order valence-corrected chi connectivity index (χ3v) is 5.59. The number of piperazine rings is 1. The summed E-state index contributed by atoms with van der Waals surface area (Å²) in [5, 5.41) is 7.50. The van der Waals surface area contributed by atoms with Crippen LogP contribution in [0.25, 0.3) is 0 Å². The molecule has 1 aliphatic heterocycles. The maximum atomic E-state index is 12.1. The molecule has 1 aromatic heterocycles. The van der Waals surface area contributed by atoms with Gasteiger partial charge in [0, 0.05) is 50.5 Å². The van der Waals surface area contributed by atoms with Crippen LogP contribution in [0.4, 0.5) is 11.4 Å². The second kappa shape index (κ2) is 9.53. The van der Waals surface area contributed by atoms with Crippen LogP contribution >= 0.6 is 11.3 Å². The lowest BCUT2D eigenvalue weighted by atomic mass is 10.2. The van der Waals surface area contributed by atoms with Crippen molar-refractivity contribution in [3.8, 4) is 0 Å². The molecular formula is C20H26N4O2S. The monoisotopic (exact) mass is 386 g/mol. The van der Waals surface area contributed by atoms with Crippen LogP contribution in [0, 0.1) is 0 Å². The lowest BCUT2D eigenvalue weighted by Crippen LogP contribution is -2.46. The topological polar surface area (TPSA) is 64.7 Å². The van der Waals surface area contributed by atoms with Crippen molar-refractivity contribution in [1.82, 2.24) is 10.2 Å². The van der Waals surface area contributed by atoms with Gasteiger partial charge in [-0.25, -0.2) is 0 Å². The highest BCUT2D eigenvalue weighted by Crippen LogP contribution is 2.19. The highest BCUT2D eigenvalue weighted by molar-refractivity contribution is 7.12. The number of thiophene rings is 1. The Morgan fingerprint density at radius 2 is 1.81 bits per heavy atom. The Morgan fingerprint density at radius 1 is 1.07 bits per heavy atom. The van der Waals surface area contributed by atoms with Crippen molar-refractivity contribution < 1.29 is 9.59 Å². The summed E-state index contributed by atoms with van der Waals surface area (Å²) in [6.07, 6.45) is 0.248. The Hall–Kier alpha value is -2.38. The van der Waals surface area contributed by atoms with Gasteiger partial charge >= 0.3 is 0 Å². The van der Waals surface area contributed by atoms with Gasteiger partial charge in [-0.1, -0.05) is 13.0 Å². The highest BCUT2D eigenvalue weighted by atomic mass is 32.1. The van der Waals surface area contributed by atoms with Crippen molar-refractivity contribution in [3.05, 3.63) is 46.7 Å². The maximum Gasteiger partial charge on any atom is 0.261 e. The standard InChI is InChI=1S/C20H26N4O2S/c1-2-23-11-13-24(14-12-23)17-7-5-16(6-8-17)22-19(25)9-10-21-20(26)18-4-3-15-27-18/h3-8,15H,2,9-14H2,1H3,(H,21,26)(H,22,25). The fourth-order valence-electron chi connectivity index (χ4n) is 3.09. The fraction of sp³-hybridized carbons (Fsp3) is 0.400. The van der Waals surface area contributed by atoms with Gasteiger partial charge in [-0.3, -0.25) is 9.59 Å². The summed E-state index contributed by atoms with van der Waals surface area (Å²) in [6, 6.07) is 11.6. The first-order chi connectivity index (χ1) is 13.2. The number of nitrogens with zero attached hydrogens (tertiary/aromatic N) is 2. The number of nitrogens with one attached hydrogen (secondary N) is 2. The third kappa shape index (κ3) is 5.55. The molecule has 3 rings (SSSR count). The van der Waals surface area contributed by atoms with Crippen LogP contribution in [0.1, 0.15) is 23.0 Å². The molecule has 0 radical (unpaired) electrons. The normalized spacial score (nSPS) is 14.8. The van der Waals surface area contributed by atoms with Crippen LogP contribution in [0.3, 0.4) is 0 Å². The van der Waals surface area contributed by atoms with Gasteiger partial charge in [-0.2, -0.15) is 0 Å². The molecule has 1 saturated heterocycles. The van der Waals surface area contributed by atoms with E-state index in [9.17, 15) is 9.59 Å². The van der Waals surface area contributed by atoms with E-state index >= 15 is 0 Å². The first kappa shape index (κ1) is 19.4. The van der Waals surface area contributed by atoms with E-state index in [-0.39, 0.29) is 18.2 Å². The molecule has 0 bridgehead atoms. The molecule has 0 unspecified atom stereocenters. The molecule has 27 heavy (non-hydrogen) atoms. The van der Waals surface area contributed by atoms with Crippen molar-refractivity contribution in [1.29, 1.82) is 0 Å². The molecule has 1 aliphatic rings. The number of likely N-dealkylation sites (N-methyl/N-ethyl adjacent to an activating group) is 1. The highest BCUT2D eigenvalue weighted by Gasteiger charge is 2.15. The fourth-order valence-corrected chi connectivity index (χ4v) is 3.73. The molecule has 144 valence electrons. The molecule has 7 heteroatoms. The van der Waals surface area contributed by atoms with E-state index < -0.39 is 0 Å². The van der Waals surface area contributed by atoms with Gasteiger partial charge in [0.15, 0.2) is 0 Å². The quantitative estimate of drug-likeness (QED) is 0.768. The second-order valence-electron chi connectivity index (χ2n) is 6.50. The predicted octanol–water partition coefficient (Wildman–Crippen LogP) is 2.65.